The highest BCUT2D eigenvalue weighted by molar-refractivity contribution is 5.84. The molecule has 0 unspecified atom stereocenters. The van der Waals surface area contributed by atoms with Crippen LogP contribution >= 0.6 is 0 Å². The molecule has 0 atom stereocenters. The lowest BCUT2D eigenvalue weighted by atomic mass is 9.99. The Morgan fingerprint density at radius 3 is 0.579 bits per heavy atom. The third-order valence-electron chi connectivity index (χ3n) is 14.3. The molecule has 11 aromatic carbocycles. The molecule has 76 heavy (non-hydrogen) atoms. The number of nitrogens with zero attached hydrogens (tertiary/aromatic N) is 2. The van der Waals surface area contributed by atoms with Gasteiger partial charge >= 0.3 is 0 Å². The molecule has 0 fully saturated rings. The number of hydrogen-bond donors (Lipinski definition) is 0. The van der Waals surface area contributed by atoms with E-state index in [1.165, 1.54) is 66.8 Å². The Balaban J connectivity index is 0.837. The van der Waals surface area contributed by atoms with Crippen LogP contribution in [0.1, 0.15) is 11.1 Å². The van der Waals surface area contributed by atoms with Gasteiger partial charge in [-0.15, -0.1) is 0 Å². The Morgan fingerprint density at radius 2 is 0.382 bits per heavy atom. The van der Waals surface area contributed by atoms with Crippen molar-refractivity contribution in [3.63, 3.8) is 0 Å². The van der Waals surface area contributed by atoms with Crippen molar-refractivity contribution in [1.82, 2.24) is 0 Å². The topological polar surface area (TPSA) is 24.9 Å². The quantitative estimate of drug-likeness (QED) is 0.0855. The molecule has 0 aliphatic carbocycles. The molecule has 0 saturated carbocycles. The van der Waals surface area contributed by atoms with Gasteiger partial charge < -0.3 is 19.3 Å². The Hall–Kier alpha value is -9.06. The summed E-state index contributed by atoms with van der Waals surface area (Å²) >= 11 is 0. The molecule has 0 spiro atoms. The second kappa shape index (κ2) is 23.4. The monoisotopic (exact) mass is 984 g/mol. The third-order valence-corrected chi connectivity index (χ3v) is 14.3. The highest BCUT2D eigenvalue weighted by atomic mass is 16.5. The minimum Gasteiger partial charge on any atom is -0.384 e. The molecule has 0 aromatic heterocycles. The van der Waals surface area contributed by atoms with Crippen LogP contribution in [0.2, 0.25) is 0 Å². The van der Waals surface area contributed by atoms with Crippen molar-refractivity contribution in [3.05, 3.63) is 290 Å². The summed E-state index contributed by atoms with van der Waals surface area (Å²) in [5, 5.41) is 0. The number of rotatable bonds is 18. The Morgan fingerprint density at radius 1 is 0.211 bits per heavy atom. The Kier molecular flexibility index (Phi) is 15.2. The molecular formula is C72H60N2O2. The molecule has 4 heteroatoms. The lowest BCUT2D eigenvalue weighted by molar-refractivity contribution is 0.202. The average molecular weight is 985 g/mol. The molecule has 4 nitrogen and oxygen atoms in total. The first-order chi connectivity index (χ1) is 37.6. The lowest BCUT2D eigenvalue weighted by Gasteiger charge is -2.26. The van der Waals surface area contributed by atoms with Crippen LogP contribution in [0.15, 0.2) is 279 Å². The summed E-state index contributed by atoms with van der Waals surface area (Å²) < 4.78 is 10.6. The lowest BCUT2D eigenvalue weighted by Crippen LogP contribution is -2.09. The van der Waals surface area contributed by atoms with E-state index in [0.717, 1.165) is 71.3 Å². The number of hydrogen-bond acceptors (Lipinski definition) is 4. The Labute approximate surface area is 448 Å². The van der Waals surface area contributed by atoms with Gasteiger partial charge in [-0.3, -0.25) is 0 Å². The molecule has 0 amide bonds. The van der Waals surface area contributed by atoms with Crippen LogP contribution in [0, 0.1) is 0 Å². The highest BCUT2D eigenvalue weighted by Crippen LogP contribution is 2.40. The second-order valence-corrected chi connectivity index (χ2v) is 19.1. The number of methoxy groups -OCH3 is 2. The van der Waals surface area contributed by atoms with Crippen LogP contribution in [-0.2, 0) is 22.3 Å². The van der Waals surface area contributed by atoms with E-state index in [2.05, 4.69) is 289 Å². The second-order valence-electron chi connectivity index (χ2n) is 19.1. The van der Waals surface area contributed by atoms with Gasteiger partial charge in [-0.2, -0.15) is 0 Å². The maximum absolute atomic E-state index is 5.29. The zero-order valence-corrected chi connectivity index (χ0v) is 43.1. The van der Waals surface area contributed by atoms with Crippen molar-refractivity contribution in [2.24, 2.45) is 0 Å². The summed E-state index contributed by atoms with van der Waals surface area (Å²) in [5.74, 6) is 0. The van der Waals surface area contributed by atoms with E-state index in [1.54, 1.807) is 14.2 Å². The summed E-state index contributed by atoms with van der Waals surface area (Å²) in [7, 11) is 3.50. The van der Waals surface area contributed by atoms with Crippen LogP contribution in [0.3, 0.4) is 0 Å². The molecule has 0 saturated heterocycles. The number of anilines is 6. The van der Waals surface area contributed by atoms with Gasteiger partial charge in [0.2, 0.25) is 0 Å². The van der Waals surface area contributed by atoms with Crippen molar-refractivity contribution in [3.8, 4) is 66.8 Å². The van der Waals surface area contributed by atoms with Gasteiger partial charge in [0.15, 0.2) is 0 Å². The van der Waals surface area contributed by atoms with Gasteiger partial charge in [-0.25, -0.2) is 0 Å². The Bertz CT molecular complexity index is 3320. The van der Waals surface area contributed by atoms with Crippen LogP contribution in [0.4, 0.5) is 34.1 Å². The van der Waals surface area contributed by atoms with Gasteiger partial charge in [0.05, 0.1) is 13.2 Å². The summed E-state index contributed by atoms with van der Waals surface area (Å²) in [6, 6.07) is 101. The number of benzene rings is 11. The van der Waals surface area contributed by atoms with E-state index < -0.39 is 0 Å². The van der Waals surface area contributed by atoms with Crippen molar-refractivity contribution in [2.45, 2.75) is 12.8 Å². The summed E-state index contributed by atoms with van der Waals surface area (Å²) in [6.45, 7) is 1.44. The fourth-order valence-corrected chi connectivity index (χ4v) is 10.00. The van der Waals surface area contributed by atoms with Crippen LogP contribution in [-0.4, -0.2) is 27.4 Å². The number of ether oxygens (including phenoxy) is 2. The zero-order chi connectivity index (χ0) is 51.5. The third kappa shape index (κ3) is 11.4. The fourth-order valence-electron chi connectivity index (χ4n) is 10.00. The maximum Gasteiger partial charge on any atom is 0.0502 e. The minimum absolute atomic E-state index is 0.720. The molecule has 370 valence electrons. The first-order valence-corrected chi connectivity index (χ1v) is 26.2. The molecule has 0 radical (unpaired) electrons. The molecule has 0 aliphatic heterocycles. The van der Waals surface area contributed by atoms with Gasteiger partial charge in [0.1, 0.15) is 0 Å². The normalized spacial score (nSPS) is 11.1. The molecule has 0 N–H and O–H groups in total. The van der Waals surface area contributed by atoms with E-state index >= 15 is 0 Å². The van der Waals surface area contributed by atoms with Gasteiger partial charge in [0, 0.05) is 48.3 Å². The first-order valence-electron chi connectivity index (χ1n) is 26.2. The predicted molar refractivity (Wildman–Crippen MR) is 320 cm³/mol. The minimum atomic E-state index is 0.720. The zero-order valence-electron chi connectivity index (χ0n) is 43.1. The SMILES string of the molecule is COCCc1ccc(-c2ccc(N(c3ccc(-c4ccccc4)cc3)c3ccc(-c4ccc(-c5ccc(N(c6ccc(-c7ccccc7)cc6)c6ccc(-c7ccc(CCOC)cc7)cc6)cc5)cc4)cc3)cc2)cc1. The van der Waals surface area contributed by atoms with Crippen LogP contribution < -0.4 is 9.80 Å². The molecule has 11 aromatic rings. The van der Waals surface area contributed by atoms with E-state index in [0.29, 0.717) is 0 Å². The van der Waals surface area contributed by atoms with Crippen molar-refractivity contribution >= 4 is 34.1 Å². The van der Waals surface area contributed by atoms with Crippen molar-refractivity contribution in [2.75, 3.05) is 37.2 Å². The highest BCUT2D eigenvalue weighted by Gasteiger charge is 2.16. The average Bonchev–Trinajstić information content (AvgIpc) is 3.50. The largest absolute Gasteiger partial charge is 0.384 e. The first kappa shape index (κ1) is 49.2. The standard InChI is InChI=1S/C72H60N2O2/c1-75-51-49-53-13-17-57(18-14-53)63-29-41-69(42-30-63)73(67-37-25-61(26-38-67)55-9-5-3-6-10-55)71-45-33-65(34-46-71)59-21-23-60(24-22-59)66-35-47-72(48-36-66)74(68-39-27-62(28-40-68)56-11-7-4-8-12-56)70-43-31-64(32-44-70)58-19-15-54(16-20-58)50-52-76-2/h3-48H,49-52H2,1-2H3. The maximum atomic E-state index is 5.29. The molecule has 11 rings (SSSR count). The van der Waals surface area contributed by atoms with E-state index in [9.17, 15) is 0 Å². The molecule has 0 aliphatic rings. The van der Waals surface area contributed by atoms with E-state index in [-0.39, 0.29) is 0 Å². The van der Waals surface area contributed by atoms with Gasteiger partial charge in [-0.05, 0) is 164 Å². The van der Waals surface area contributed by atoms with Gasteiger partial charge in [0.25, 0.3) is 0 Å². The predicted octanol–water partition coefficient (Wildman–Crippen LogP) is 19.0. The van der Waals surface area contributed by atoms with Crippen LogP contribution in [0.5, 0.6) is 0 Å². The van der Waals surface area contributed by atoms with E-state index in [4.69, 9.17) is 9.47 Å². The van der Waals surface area contributed by atoms with Crippen molar-refractivity contribution < 1.29 is 9.47 Å². The summed E-state index contributed by atoms with van der Waals surface area (Å²) in [6.07, 6.45) is 1.81. The fraction of sp³-hybridized carbons (Fsp3) is 0.0833. The smallest absolute Gasteiger partial charge is 0.0502 e. The molecule has 0 bridgehead atoms. The van der Waals surface area contributed by atoms with Crippen molar-refractivity contribution in [1.29, 1.82) is 0 Å². The molecular weight excluding hydrogens is 925 g/mol. The van der Waals surface area contributed by atoms with E-state index in [1.807, 2.05) is 0 Å². The molecule has 0 heterocycles. The summed E-state index contributed by atoms with van der Waals surface area (Å²) in [4.78, 5) is 4.67. The van der Waals surface area contributed by atoms with Gasteiger partial charge in [-0.1, -0.05) is 206 Å². The van der Waals surface area contributed by atoms with Crippen LogP contribution in [0.25, 0.3) is 66.8 Å². The summed E-state index contributed by atoms with van der Waals surface area (Å²) in [5.41, 5.74) is 23.3.